The summed E-state index contributed by atoms with van der Waals surface area (Å²) in [5.74, 6) is 1.25. The first-order valence-electron chi connectivity index (χ1n) is 10.3. The Hall–Kier alpha value is -2.73. The summed E-state index contributed by atoms with van der Waals surface area (Å²) >= 11 is 0. The largest absolute Gasteiger partial charge is 0.384 e. The number of nitrogen functional groups attached to an aromatic ring is 1. The minimum atomic E-state index is -0.921. The van der Waals surface area contributed by atoms with Gasteiger partial charge in [-0.2, -0.15) is 0 Å². The van der Waals surface area contributed by atoms with Crippen LogP contribution in [-0.4, -0.2) is 31.0 Å². The molecule has 0 saturated carbocycles. The van der Waals surface area contributed by atoms with Gasteiger partial charge in [0.15, 0.2) is 5.78 Å². The number of H-pyrrole nitrogens is 1. The number of carbonyl (C=O) groups excluding carboxylic acids is 1. The molecule has 30 heavy (non-hydrogen) atoms. The molecule has 0 saturated heterocycles. The molecule has 0 amide bonds. The third-order valence-corrected chi connectivity index (χ3v) is 7.50. The number of nitrogens with one attached hydrogen (secondary N) is 1. The van der Waals surface area contributed by atoms with Crippen molar-refractivity contribution in [1.82, 2.24) is 9.97 Å². The lowest BCUT2D eigenvalue weighted by atomic mass is 9.84. The molecular formula is C24H27N3O2S. The maximum atomic E-state index is 13.2. The number of nitrogens with two attached hydrogens (primary N) is 1. The number of nitrogens with zero attached hydrogens (tertiary/aromatic N) is 1. The molecule has 0 aliphatic heterocycles. The average Bonchev–Trinajstić information content (AvgIpc) is 3.07. The second kappa shape index (κ2) is 8.56. The minimum Gasteiger partial charge on any atom is -0.384 e. The Balaban J connectivity index is 1.76. The first-order valence-corrected chi connectivity index (χ1v) is 11.7. The van der Waals surface area contributed by atoms with Crippen LogP contribution in [0.4, 0.5) is 5.82 Å². The highest BCUT2D eigenvalue weighted by Crippen LogP contribution is 2.36. The normalized spacial score (nSPS) is 17.2. The Kier molecular flexibility index (Phi) is 5.86. The van der Waals surface area contributed by atoms with Gasteiger partial charge >= 0.3 is 0 Å². The number of benzene rings is 1. The second-order valence-electron chi connectivity index (χ2n) is 8.26. The summed E-state index contributed by atoms with van der Waals surface area (Å²) in [6, 6.07) is 13.9. The summed E-state index contributed by atoms with van der Waals surface area (Å²) in [7, 11) is -0.921. The number of hydrogen-bond donors (Lipinski definition) is 2. The number of aromatic amines is 1. The van der Waals surface area contributed by atoms with E-state index in [9.17, 15) is 9.00 Å². The fourth-order valence-electron chi connectivity index (χ4n) is 4.18. The zero-order chi connectivity index (χ0) is 21.3. The van der Waals surface area contributed by atoms with E-state index in [1.165, 1.54) is 0 Å². The van der Waals surface area contributed by atoms with Gasteiger partial charge < -0.3 is 10.7 Å². The molecule has 2 atom stereocenters. The Labute approximate surface area is 179 Å². The lowest BCUT2D eigenvalue weighted by molar-refractivity contribution is 0.0953. The molecule has 1 aliphatic carbocycles. The number of aromatic nitrogens is 2. The van der Waals surface area contributed by atoms with Gasteiger partial charge in [0.1, 0.15) is 5.82 Å². The SMILES string of the molecule is CC(C)S(=O)CC1CC(=O)c2c([nH]c(-c3ccnc(N)c3)c2Cc2ccccc2)C1. The summed E-state index contributed by atoms with van der Waals surface area (Å²) in [5, 5.41) is 0.106. The summed E-state index contributed by atoms with van der Waals surface area (Å²) in [4.78, 5) is 20.8. The van der Waals surface area contributed by atoms with Crippen LogP contribution in [0.2, 0.25) is 0 Å². The maximum absolute atomic E-state index is 13.2. The zero-order valence-corrected chi connectivity index (χ0v) is 18.2. The predicted molar refractivity (Wildman–Crippen MR) is 122 cm³/mol. The van der Waals surface area contributed by atoms with Crippen LogP contribution in [0.1, 0.15) is 47.4 Å². The number of rotatable bonds is 6. The van der Waals surface area contributed by atoms with E-state index in [-0.39, 0.29) is 17.0 Å². The van der Waals surface area contributed by atoms with Gasteiger partial charge in [0.2, 0.25) is 0 Å². The van der Waals surface area contributed by atoms with Gasteiger partial charge in [-0.3, -0.25) is 9.00 Å². The molecule has 4 rings (SSSR count). The molecule has 6 heteroatoms. The van der Waals surface area contributed by atoms with E-state index in [0.717, 1.165) is 40.1 Å². The first-order chi connectivity index (χ1) is 14.4. The van der Waals surface area contributed by atoms with Crippen LogP contribution in [0.5, 0.6) is 0 Å². The number of fused-ring (bicyclic) bond motifs is 1. The van der Waals surface area contributed by atoms with E-state index in [2.05, 4.69) is 22.1 Å². The Morgan fingerprint density at radius 1 is 1.20 bits per heavy atom. The minimum absolute atomic E-state index is 0.104. The monoisotopic (exact) mass is 421 g/mol. The number of ketones is 1. The van der Waals surface area contributed by atoms with Crippen molar-refractivity contribution >= 4 is 22.4 Å². The lowest BCUT2D eigenvalue weighted by Gasteiger charge is -2.22. The average molecular weight is 422 g/mol. The van der Waals surface area contributed by atoms with Crippen molar-refractivity contribution in [2.75, 3.05) is 11.5 Å². The fraction of sp³-hybridized carbons (Fsp3) is 0.333. The number of carbonyl (C=O) groups is 1. The van der Waals surface area contributed by atoms with Gasteiger partial charge in [-0.15, -0.1) is 0 Å². The molecule has 0 fully saturated rings. The zero-order valence-electron chi connectivity index (χ0n) is 17.4. The molecule has 2 unspecified atom stereocenters. The van der Waals surface area contributed by atoms with Crippen molar-refractivity contribution in [3.8, 4) is 11.3 Å². The molecule has 3 aromatic rings. The summed E-state index contributed by atoms with van der Waals surface area (Å²) in [6.07, 6.45) is 3.54. The van der Waals surface area contributed by atoms with Gasteiger partial charge in [-0.25, -0.2) is 4.98 Å². The van der Waals surface area contributed by atoms with Crippen LogP contribution in [0, 0.1) is 5.92 Å². The van der Waals surface area contributed by atoms with Crippen LogP contribution >= 0.6 is 0 Å². The third-order valence-electron chi connectivity index (χ3n) is 5.65. The van der Waals surface area contributed by atoms with Crippen molar-refractivity contribution < 1.29 is 9.00 Å². The molecule has 0 bridgehead atoms. The fourth-order valence-corrected chi connectivity index (χ4v) is 5.27. The molecule has 156 valence electrons. The summed E-state index contributed by atoms with van der Waals surface area (Å²) < 4.78 is 12.4. The highest BCUT2D eigenvalue weighted by atomic mass is 32.2. The van der Waals surface area contributed by atoms with E-state index in [1.807, 2.05) is 44.2 Å². The molecular weight excluding hydrogens is 394 g/mol. The molecule has 1 aliphatic rings. The standard InChI is InChI=1S/C24H27N3O2S/c1-15(2)30(29)14-17-11-20-23(21(28)12-17)19(10-16-6-4-3-5-7-16)24(27-20)18-8-9-26-22(25)13-18/h3-9,13,15,17,27H,10-12,14H2,1-2H3,(H2,25,26). The Bertz CT molecular complexity index is 1090. The van der Waals surface area contributed by atoms with Crippen LogP contribution in [0.25, 0.3) is 11.3 Å². The number of Topliss-reactive ketones (excluding diaryl/α,β-unsaturated/α-hetero) is 1. The van der Waals surface area contributed by atoms with Crippen LogP contribution in [0.3, 0.4) is 0 Å². The van der Waals surface area contributed by atoms with E-state index in [4.69, 9.17) is 5.73 Å². The van der Waals surface area contributed by atoms with Crippen molar-refractivity contribution in [2.24, 2.45) is 5.92 Å². The quantitative estimate of drug-likeness (QED) is 0.626. The van der Waals surface area contributed by atoms with Crippen molar-refractivity contribution in [2.45, 2.75) is 38.4 Å². The topological polar surface area (TPSA) is 88.8 Å². The van der Waals surface area contributed by atoms with E-state index < -0.39 is 10.8 Å². The molecule has 1 aromatic carbocycles. The van der Waals surface area contributed by atoms with Crippen molar-refractivity contribution in [3.63, 3.8) is 0 Å². The summed E-state index contributed by atoms with van der Waals surface area (Å²) in [5.41, 5.74) is 11.7. The van der Waals surface area contributed by atoms with Gasteiger partial charge in [0.25, 0.3) is 0 Å². The molecule has 2 heterocycles. The number of anilines is 1. The second-order valence-corrected chi connectivity index (χ2v) is 10.3. The maximum Gasteiger partial charge on any atom is 0.165 e. The van der Waals surface area contributed by atoms with Gasteiger partial charge in [-0.05, 0) is 35.6 Å². The predicted octanol–water partition coefficient (Wildman–Crippen LogP) is 4.15. The van der Waals surface area contributed by atoms with Crippen molar-refractivity contribution in [3.05, 3.63) is 71.0 Å². The Morgan fingerprint density at radius 3 is 2.67 bits per heavy atom. The summed E-state index contributed by atoms with van der Waals surface area (Å²) in [6.45, 7) is 3.93. The van der Waals surface area contributed by atoms with Gasteiger partial charge in [0.05, 0.1) is 5.69 Å². The highest BCUT2D eigenvalue weighted by Gasteiger charge is 2.32. The van der Waals surface area contributed by atoms with E-state index >= 15 is 0 Å². The molecule has 0 spiro atoms. The molecule has 5 nitrogen and oxygen atoms in total. The van der Waals surface area contributed by atoms with Crippen LogP contribution in [0.15, 0.2) is 48.7 Å². The highest BCUT2D eigenvalue weighted by molar-refractivity contribution is 7.85. The van der Waals surface area contributed by atoms with Crippen LogP contribution in [-0.2, 0) is 23.6 Å². The smallest absolute Gasteiger partial charge is 0.165 e. The molecule has 2 aromatic heterocycles. The van der Waals surface area contributed by atoms with Gasteiger partial charge in [0, 0.05) is 57.7 Å². The van der Waals surface area contributed by atoms with Crippen LogP contribution < -0.4 is 5.73 Å². The Morgan fingerprint density at radius 2 is 1.97 bits per heavy atom. The first kappa shape index (κ1) is 20.5. The van der Waals surface area contributed by atoms with Gasteiger partial charge in [-0.1, -0.05) is 44.2 Å². The molecule has 0 radical (unpaired) electrons. The molecule has 3 N–H and O–H groups in total. The van der Waals surface area contributed by atoms with E-state index in [0.29, 0.717) is 24.4 Å². The number of pyridine rings is 1. The van der Waals surface area contributed by atoms with Crippen molar-refractivity contribution in [1.29, 1.82) is 0 Å². The lowest BCUT2D eigenvalue weighted by Crippen LogP contribution is -2.26. The third kappa shape index (κ3) is 4.24. The number of hydrogen-bond acceptors (Lipinski definition) is 4. The van der Waals surface area contributed by atoms with E-state index in [1.54, 1.807) is 6.20 Å².